The second-order valence-corrected chi connectivity index (χ2v) is 6.56. The highest BCUT2D eigenvalue weighted by Gasteiger charge is 2.16. The number of nitro benzene ring substituents is 1. The average Bonchev–Trinajstić information content (AvgIpc) is 3.41. The monoisotopic (exact) mass is 419 g/mol. The molecule has 0 fully saturated rings. The van der Waals surface area contributed by atoms with Crippen molar-refractivity contribution >= 4 is 34.2 Å². The van der Waals surface area contributed by atoms with E-state index >= 15 is 0 Å². The largest absolute Gasteiger partial charge is 0.461 e. The third-order valence-corrected chi connectivity index (χ3v) is 4.58. The summed E-state index contributed by atoms with van der Waals surface area (Å²) < 4.78 is 6.45. The van der Waals surface area contributed by atoms with Gasteiger partial charge < -0.3 is 15.0 Å². The number of carbonyl (C=O) groups is 2. The minimum atomic E-state index is -0.504. The number of esters is 1. The molecule has 0 saturated carbocycles. The number of ether oxygens (including phenoxy) is 1. The molecule has 4 rings (SSSR count). The number of hydrogen-bond donors (Lipinski definition) is 2. The fourth-order valence-corrected chi connectivity index (χ4v) is 3.09. The van der Waals surface area contributed by atoms with Crippen LogP contribution in [0.15, 0.2) is 60.9 Å². The zero-order chi connectivity index (χ0) is 22.0. The molecule has 1 amide bonds. The number of fused-ring (bicyclic) bond motifs is 1. The number of amides is 1. The van der Waals surface area contributed by atoms with Crippen LogP contribution < -0.4 is 5.32 Å². The van der Waals surface area contributed by atoms with Crippen molar-refractivity contribution < 1.29 is 19.2 Å². The van der Waals surface area contributed by atoms with E-state index in [1.165, 1.54) is 23.0 Å². The number of nitro groups is 1. The van der Waals surface area contributed by atoms with Crippen LogP contribution in [0, 0.1) is 10.1 Å². The van der Waals surface area contributed by atoms with Crippen LogP contribution in [0.3, 0.4) is 0 Å². The first-order valence-corrected chi connectivity index (χ1v) is 9.36. The highest BCUT2D eigenvalue weighted by Crippen LogP contribution is 2.24. The molecule has 10 heteroatoms. The number of aromatic nitrogens is 3. The van der Waals surface area contributed by atoms with Gasteiger partial charge in [-0.3, -0.25) is 14.9 Å². The number of nitrogens with zero attached hydrogens (tertiary/aromatic N) is 3. The van der Waals surface area contributed by atoms with Crippen LogP contribution >= 0.6 is 0 Å². The zero-order valence-electron chi connectivity index (χ0n) is 16.4. The highest BCUT2D eigenvalue weighted by molar-refractivity contribution is 6.13. The predicted octanol–water partition coefficient (Wildman–Crippen LogP) is 3.69. The highest BCUT2D eigenvalue weighted by atomic mass is 16.6. The van der Waals surface area contributed by atoms with Crippen LogP contribution in [0.25, 0.3) is 16.6 Å². The summed E-state index contributed by atoms with van der Waals surface area (Å²) in [5, 5.41) is 18.4. The van der Waals surface area contributed by atoms with Gasteiger partial charge in [-0.15, -0.1) is 0 Å². The number of hydrogen-bond acceptors (Lipinski definition) is 6. The summed E-state index contributed by atoms with van der Waals surface area (Å²) in [6.07, 6.45) is 3.15. The minimum Gasteiger partial charge on any atom is -0.461 e. The van der Waals surface area contributed by atoms with Crippen LogP contribution in [0.4, 0.5) is 11.4 Å². The van der Waals surface area contributed by atoms with Crippen molar-refractivity contribution in [2.45, 2.75) is 6.92 Å². The SMILES string of the molecule is CCOC(=O)c1ccn(-c2ccc(NC(=O)c3c[nH]c4ccc([N+](=O)[O-])cc34)cc2)n1. The van der Waals surface area contributed by atoms with Gasteiger partial charge in [-0.1, -0.05) is 0 Å². The topological polar surface area (TPSA) is 132 Å². The lowest BCUT2D eigenvalue weighted by atomic mass is 10.1. The second kappa shape index (κ2) is 8.11. The van der Waals surface area contributed by atoms with Crippen molar-refractivity contribution in [3.8, 4) is 5.69 Å². The third kappa shape index (κ3) is 3.99. The van der Waals surface area contributed by atoms with Gasteiger partial charge in [0.05, 0.1) is 22.8 Å². The van der Waals surface area contributed by atoms with Crippen molar-refractivity contribution in [3.63, 3.8) is 0 Å². The van der Waals surface area contributed by atoms with Gasteiger partial charge in [-0.05, 0) is 43.3 Å². The van der Waals surface area contributed by atoms with Crippen molar-refractivity contribution in [1.82, 2.24) is 14.8 Å². The lowest BCUT2D eigenvalue weighted by molar-refractivity contribution is -0.384. The van der Waals surface area contributed by atoms with Crippen molar-refractivity contribution in [3.05, 3.63) is 82.3 Å². The van der Waals surface area contributed by atoms with Gasteiger partial charge >= 0.3 is 5.97 Å². The maximum Gasteiger partial charge on any atom is 0.358 e. The molecule has 0 radical (unpaired) electrons. The first kappa shape index (κ1) is 19.8. The molecule has 0 atom stereocenters. The number of carbonyl (C=O) groups excluding carboxylic acids is 2. The van der Waals surface area contributed by atoms with Crippen LogP contribution in [-0.4, -0.2) is 38.2 Å². The van der Waals surface area contributed by atoms with E-state index in [0.717, 1.165) is 0 Å². The molecule has 2 N–H and O–H groups in total. The van der Waals surface area contributed by atoms with E-state index in [0.29, 0.717) is 27.8 Å². The molecular weight excluding hydrogens is 402 g/mol. The normalized spacial score (nSPS) is 10.7. The molecule has 0 aliphatic carbocycles. The summed E-state index contributed by atoms with van der Waals surface area (Å²) in [5.41, 5.74) is 2.26. The number of benzene rings is 2. The minimum absolute atomic E-state index is 0.0908. The van der Waals surface area contributed by atoms with Gasteiger partial charge in [0.25, 0.3) is 11.6 Å². The Balaban J connectivity index is 1.51. The summed E-state index contributed by atoms with van der Waals surface area (Å²) in [6.45, 7) is 1.99. The van der Waals surface area contributed by atoms with Crippen LogP contribution in [0.5, 0.6) is 0 Å². The molecule has 10 nitrogen and oxygen atoms in total. The van der Waals surface area contributed by atoms with Gasteiger partial charge in [-0.2, -0.15) is 5.10 Å². The van der Waals surface area contributed by atoms with E-state index in [1.54, 1.807) is 49.5 Å². The molecular formula is C21H17N5O5. The molecule has 2 heterocycles. The summed E-state index contributed by atoms with van der Waals surface area (Å²) in [7, 11) is 0. The summed E-state index contributed by atoms with van der Waals surface area (Å²) in [6, 6.07) is 12.7. The molecule has 0 unspecified atom stereocenters. The lowest BCUT2D eigenvalue weighted by Gasteiger charge is -2.06. The van der Waals surface area contributed by atoms with E-state index in [1.807, 2.05) is 0 Å². The van der Waals surface area contributed by atoms with Gasteiger partial charge in [0.1, 0.15) is 0 Å². The third-order valence-electron chi connectivity index (χ3n) is 4.58. The van der Waals surface area contributed by atoms with E-state index in [2.05, 4.69) is 15.4 Å². The maximum atomic E-state index is 12.7. The number of aromatic amines is 1. The molecule has 31 heavy (non-hydrogen) atoms. The number of H-pyrrole nitrogens is 1. The molecule has 156 valence electrons. The molecule has 0 aliphatic heterocycles. The van der Waals surface area contributed by atoms with Gasteiger partial charge in [0.15, 0.2) is 5.69 Å². The fourth-order valence-electron chi connectivity index (χ4n) is 3.09. The molecule has 0 aliphatic rings. The van der Waals surface area contributed by atoms with Crippen LogP contribution in [-0.2, 0) is 4.74 Å². The van der Waals surface area contributed by atoms with Gasteiger partial charge in [-0.25, -0.2) is 9.48 Å². The first-order valence-electron chi connectivity index (χ1n) is 9.36. The second-order valence-electron chi connectivity index (χ2n) is 6.56. The Hall–Kier alpha value is -4.47. The Morgan fingerprint density at radius 3 is 2.68 bits per heavy atom. The van der Waals surface area contributed by atoms with Crippen molar-refractivity contribution in [2.75, 3.05) is 11.9 Å². The fraction of sp³-hybridized carbons (Fsp3) is 0.0952. The summed E-state index contributed by atoms with van der Waals surface area (Å²) >= 11 is 0. The number of anilines is 1. The molecule has 4 aromatic rings. The molecule has 0 bridgehead atoms. The van der Waals surface area contributed by atoms with Gasteiger partial charge in [0, 0.05) is 41.1 Å². The molecule has 0 saturated heterocycles. The van der Waals surface area contributed by atoms with E-state index < -0.39 is 16.8 Å². The average molecular weight is 419 g/mol. The van der Waals surface area contributed by atoms with E-state index in [-0.39, 0.29) is 18.0 Å². The Bertz CT molecular complexity index is 1290. The Morgan fingerprint density at radius 2 is 1.97 bits per heavy atom. The number of nitrogens with one attached hydrogen (secondary N) is 2. The quantitative estimate of drug-likeness (QED) is 0.278. The maximum absolute atomic E-state index is 12.7. The number of rotatable bonds is 6. The first-order chi connectivity index (χ1) is 15.0. The standard InChI is InChI=1S/C21H17N5O5/c1-2-31-21(28)19-9-10-25(24-19)14-5-3-13(4-6-14)23-20(27)17-12-22-18-8-7-15(26(29)30)11-16(17)18/h3-12,22H,2H2,1H3,(H,23,27). The van der Waals surface area contributed by atoms with Crippen LogP contribution in [0.2, 0.25) is 0 Å². The lowest BCUT2D eigenvalue weighted by Crippen LogP contribution is -2.11. The summed E-state index contributed by atoms with van der Waals surface area (Å²) in [4.78, 5) is 37.9. The Morgan fingerprint density at radius 1 is 1.19 bits per heavy atom. The smallest absolute Gasteiger partial charge is 0.358 e. The van der Waals surface area contributed by atoms with Crippen molar-refractivity contribution in [1.29, 1.82) is 0 Å². The van der Waals surface area contributed by atoms with Gasteiger partial charge in [0.2, 0.25) is 0 Å². The zero-order valence-corrected chi connectivity index (χ0v) is 16.4. The van der Waals surface area contributed by atoms with E-state index in [9.17, 15) is 19.7 Å². The Labute approximate surface area is 175 Å². The van der Waals surface area contributed by atoms with E-state index in [4.69, 9.17) is 4.74 Å². The van der Waals surface area contributed by atoms with Crippen LogP contribution in [0.1, 0.15) is 27.8 Å². The summed E-state index contributed by atoms with van der Waals surface area (Å²) in [5.74, 6) is -0.896. The van der Waals surface area contributed by atoms with Crippen molar-refractivity contribution in [2.24, 2.45) is 0 Å². The predicted molar refractivity (Wildman–Crippen MR) is 112 cm³/mol. The molecule has 2 aromatic carbocycles. The molecule has 2 aromatic heterocycles. The Kier molecular flexibility index (Phi) is 5.19. The molecule has 0 spiro atoms. The number of non-ortho nitro benzene ring substituents is 1.